The predicted molar refractivity (Wildman–Crippen MR) is 127 cm³/mol. The Bertz CT molecular complexity index is 1280. The average molecular weight is 444 g/mol. The van der Waals surface area contributed by atoms with Gasteiger partial charge < -0.3 is 23.8 Å². The molecule has 1 aliphatic heterocycles. The van der Waals surface area contributed by atoms with Crippen LogP contribution >= 0.6 is 0 Å². The lowest BCUT2D eigenvalue weighted by Gasteiger charge is -2.28. The highest BCUT2D eigenvalue weighted by Crippen LogP contribution is 2.49. The lowest BCUT2D eigenvalue weighted by atomic mass is 9.82. The molecule has 1 atom stereocenters. The molecule has 0 aliphatic carbocycles. The van der Waals surface area contributed by atoms with Crippen LogP contribution in [0.2, 0.25) is 0 Å². The summed E-state index contributed by atoms with van der Waals surface area (Å²) in [5.41, 5.74) is 2.06. The fourth-order valence-electron chi connectivity index (χ4n) is 4.02. The molecule has 0 amide bonds. The predicted octanol–water partition coefficient (Wildman–Crippen LogP) is 4.71. The van der Waals surface area contributed by atoms with Crippen molar-refractivity contribution in [3.05, 3.63) is 71.1 Å². The first-order valence-corrected chi connectivity index (χ1v) is 10.4. The molecule has 0 spiro atoms. The van der Waals surface area contributed by atoms with Crippen molar-refractivity contribution in [2.45, 2.75) is 5.92 Å². The van der Waals surface area contributed by atoms with Gasteiger partial charge in [0.1, 0.15) is 17.4 Å². The SMILES string of the molecule is COc1cc(C2C(C#N)=C(N=CN(C)C)Oc3c2ccc2ccccc32)cc(OC)c1OC. The minimum Gasteiger partial charge on any atom is -0.493 e. The van der Waals surface area contributed by atoms with Gasteiger partial charge in [0, 0.05) is 25.0 Å². The summed E-state index contributed by atoms with van der Waals surface area (Å²) in [5, 5.41) is 12.2. The van der Waals surface area contributed by atoms with Gasteiger partial charge in [-0.25, -0.2) is 4.99 Å². The summed E-state index contributed by atoms with van der Waals surface area (Å²) in [7, 11) is 8.42. The normalized spacial score (nSPS) is 15.1. The van der Waals surface area contributed by atoms with E-state index >= 15 is 0 Å². The number of hydrogen-bond donors (Lipinski definition) is 0. The van der Waals surface area contributed by atoms with Gasteiger partial charge in [0.25, 0.3) is 0 Å². The van der Waals surface area contributed by atoms with E-state index < -0.39 is 5.92 Å². The van der Waals surface area contributed by atoms with Gasteiger partial charge in [-0.05, 0) is 23.1 Å². The second-order valence-electron chi connectivity index (χ2n) is 7.74. The number of rotatable bonds is 6. The van der Waals surface area contributed by atoms with Crippen LogP contribution in [0.25, 0.3) is 10.8 Å². The number of nitriles is 1. The van der Waals surface area contributed by atoms with Crippen LogP contribution in [0.1, 0.15) is 17.0 Å². The Labute approximate surface area is 193 Å². The molecular weight excluding hydrogens is 418 g/mol. The van der Waals surface area contributed by atoms with Crippen molar-refractivity contribution in [1.82, 2.24) is 4.90 Å². The molecule has 7 nitrogen and oxygen atoms in total. The zero-order chi connectivity index (χ0) is 23.5. The van der Waals surface area contributed by atoms with Gasteiger partial charge in [-0.3, -0.25) is 0 Å². The number of aliphatic imine (C=N–C) groups is 1. The smallest absolute Gasteiger partial charge is 0.235 e. The first-order chi connectivity index (χ1) is 16.0. The maximum Gasteiger partial charge on any atom is 0.235 e. The first-order valence-electron chi connectivity index (χ1n) is 10.4. The van der Waals surface area contributed by atoms with Crippen LogP contribution < -0.4 is 18.9 Å². The molecule has 7 heteroatoms. The van der Waals surface area contributed by atoms with E-state index in [9.17, 15) is 5.26 Å². The number of nitrogens with zero attached hydrogens (tertiary/aromatic N) is 3. The van der Waals surface area contributed by atoms with Gasteiger partial charge in [0.2, 0.25) is 11.6 Å². The van der Waals surface area contributed by atoms with Crippen LogP contribution in [0.5, 0.6) is 23.0 Å². The summed E-state index contributed by atoms with van der Waals surface area (Å²) in [6.45, 7) is 0. The summed E-state index contributed by atoms with van der Waals surface area (Å²) in [5.74, 6) is 2.01. The van der Waals surface area contributed by atoms with Crippen molar-refractivity contribution in [3.63, 3.8) is 0 Å². The molecule has 0 aromatic heterocycles. The molecule has 0 bridgehead atoms. The largest absolute Gasteiger partial charge is 0.493 e. The third kappa shape index (κ3) is 3.92. The van der Waals surface area contributed by atoms with E-state index in [1.165, 1.54) is 0 Å². The van der Waals surface area contributed by atoms with E-state index in [0.29, 0.717) is 28.6 Å². The van der Waals surface area contributed by atoms with E-state index in [-0.39, 0.29) is 5.88 Å². The van der Waals surface area contributed by atoms with Gasteiger partial charge in [0.15, 0.2) is 11.5 Å². The molecule has 0 saturated heterocycles. The molecule has 1 unspecified atom stereocenters. The van der Waals surface area contributed by atoms with Crippen molar-refractivity contribution < 1.29 is 18.9 Å². The number of allylic oxidation sites excluding steroid dienone is 1. The Morgan fingerprint density at radius 3 is 2.30 bits per heavy atom. The maximum absolute atomic E-state index is 10.2. The van der Waals surface area contributed by atoms with E-state index in [4.69, 9.17) is 18.9 Å². The molecule has 4 rings (SSSR count). The third-order valence-electron chi connectivity index (χ3n) is 5.49. The van der Waals surface area contributed by atoms with E-state index in [2.05, 4.69) is 11.1 Å². The highest BCUT2D eigenvalue weighted by atomic mass is 16.5. The number of fused-ring (bicyclic) bond motifs is 3. The quantitative estimate of drug-likeness (QED) is 0.406. The first kappa shape index (κ1) is 22.0. The molecular formula is C26H25N3O4. The molecule has 0 radical (unpaired) electrons. The summed E-state index contributed by atoms with van der Waals surface area (Å²) in [6, 6.07) is 18.1. The molecule has 3 aromatic rings. The van der Waals surface area contributed by atoms with Crippen LogP contribution in [0.15, 0.2) is 65.0 Å². The van der Waals surface area contributed by atoms with Gasteiger partial charge in [-0.2, -0.15) is 5.26 Å². The minimum absolute atomic E-state index is 0.258. The van der Waals surface area contributed by atoms with Crippen LogP contribution in [-0.4, -0.2) is 46.7 Å². The van der Waals surface area contributed by atoms with Crippen molar-refractivity contribution >= 4 is 17.1 Å². The summed E-state index contributed by atoms with van der Waals surface area (Å²) >= 11 is 0. The van der Waals surface area contributed by atoms with Crippen molar-refractivity contribution in [2.24, 2.45) is 4.99 Å². The summed E-state index contributed by atoms with van der Waals surface area (Å²) in [4.78, 5) is 6.27. The second kappa shape index (κ2) is 9.13. The van der Waals surface area contributed by atoms with Crippen LogP contribution in [0.3, 0.4) is 0 Å². The molecule has 0 N–H and O–H groups in total. The van der Waals surface area contributed by atoms with Gasteiger partial charge in [0.05, 0.1) is 33.6 Å². The Morgan fingerprint density at radius 2 is 1.70 bits per heavy atom. The number of ether oxygens (including phenoxy) is 4. The molecule has 168 valence electrons. The van der Waals surface area contributed by atoms with Gasteiger partial charge in [-0.15, -0.1) is 0 Å². The highest BCUT2D eigenvalue weighted by Gasteiger charge is 2.34. The Balaban J connectivity index is 2.03. The van der Waals surface area contributed by atoms with Crippen LogP contribution in [-0.2, 0) is 0 Å². The summed E-state index contributed by atoms with van der Waals surface area (Å²) in [6.07, 6.45) is 1.62. The number of hydrogen-bond acceptors (Lipinski definition) is 6. The van der Waals surface area contributed by atoms with Crippen LogP contribution in [0, 0.1) is 11.3 Å². The fraction of sp³-hybridized carbons (Fsp3) is 0.231. The minimum atomic E-state index is -0.439. The maximum atomic E-state index is 10.2. The van der Waals surface area contributed by atoms with Crippen molar-refractivity contribution in [2.75, 3.05) is 35.4 Å². The van der Waals surface area contributed by atoms with E-state index in [1.807, 2.05) is 62.6 Å². The lowest BCUT2D eigenvalue weighted by Crippen LogP contribution is -2.17. The Kier molecular flexibility index (Phi) is 6.09. The number of benzene rings is 3. The molecule has 1 heterocycles. The topological polar surface area (TPSA) is 76.3 Å². The molecule has 1 aliphatic rings. The lowest BCUT2D eigenvalue weighted by molar-refractivity contribution is 0.323. The van der Waals surface area contributed by atoms with Crippen molar-refractivity contribution in [3.8, 4) is 29.1 Å². The Hall–Kier alpha value is -4.18. The third-order valence-corrected chi connectivity index (χ3v) is 5.49. The van der Waals surface area contributed by atoms with E-state index in [1.54, 1.807) is 32.6 Å². The van der Waals surface area contributed by atoms with Gasteiger partial charge in [-0.1, -0.05) is 36.4 Å². The molecule has 33 heavy (non-hydrogen) atoms. The van der Waals surface area contributed by atoms with Crippen molar-refractivity contribution in [1.29, 1.82) is 5.26 Å². The average Bonchev–Trinajstić information content (AvgIpc) is 2.85. The van der Waals surface area contributed by atoms with Crippen LogP contribution in [0.4, 0.5) is 0 Å². The Morgan fingerprint density at radius 1 is 1.00 bits per heavy atom. The zero-order valence-electron chi connectivity index (χ0n) is 19.2. The molecule has 0 saturated carbocycles. The number of methoxy groups -OCH3 is 3. The zero-order valence-corrected chi connectivity index (χ0v) is 19.2. The van der Waals surface area contributed by atoms with E-state index in [0.717, 1.165) is 21.9 Å². The summed E-state index contributed by atoms with van der Waals surface area (Å²) < 4.78 is 22.9. The molecule has 0 fully saturated rings. The molecule has 3 aromatic carbocycles. The standard InChI is InChI=1S/C26H25N3O4/c1-29(2)15-28-26-20(14-27)23(17-12-21(30-3)25(32-5)22(13-17)31-4)19-11-10-16-8-6-7-9-18(16)24(19)33-26/h6-13,15,23H,1-5H3. The monoisotopic (exact) mass is 443 g/mol. The van der Waals surface area contributed by atoms with Gasteiger partial charge >= 0.3 is 0 Å². The second-order valence-corrected chi connectivity index (χ2v) is 7.74. The fourth-order valence-corrected chi connectivity index (χ4v) is 4.02. The highest BCUT2D eigenvalue weighted by molar-refractivity contribution is 5.91.